The highest BCUT2D eigenvalue weighted by Gasteiger charge is 2.10. The molecule has 3 aromatic rings. The van der Waals surface area contributed by atoms with Gasteiger partial charge < -0.3 is 9.47 Å². The number of fused-ring (bicyclic) bond motifs is 1. The molecule has 1 heterocycles. The summed E-state index contributed by atoms with van der Waals surface area (Å²) in [6.45, 7) is 1.98. The molecule has 0 radical (unpaired) electrons. The smallest absolute Gasteiger partial charge is 0.264 e. The minimum Gasteiger partial charge on any atom is -0.497 e. The monoisotopic (exact) mass is 420 g/mol. The molecule has 0 bridgehead atoms. The molecular weight excluding hydrogens is 404 g/mol. The van der Waals surface area contributed by atoms with E-state index in [-0.39, 0.29) is 12.5 Å². The van der Waals surface area contributed by atoms with Crippen molar-refractivity contribution in [2.24, 2.45) is 0 Å². The molecule has 2 aromatic carbocycles. The maximum atomic E-state index is 12.1. The van der Waals surface area contributed by atoms with Crippen LogP contribution in [-0.4, -0.2) is 24.6 Å². The molecule has 0 unspecified atom stereocenters. The van der Waals surface area contributed by atoms with Gasteiger partial charge in [-0.3, -0.25) is 10.1 Å². The van der Waals surface area contributed by atoms with Crippen molar-refractivity contribution in [2.75, 3.05) is 19.0 Å². The molecular formula is C18H17BrN2O3S. The summed E-state index contributed by atoms with van der Waals surface area (Å²) in [5, 5.41) is 3.33. The zero-order valence-electron chi connectivity index (χ0n) is 13.8. The number of carbonyl (C=O) groups is 1. The van der Waals surface area contributed by atoms with Gasteiger partial charge in [0.1, 0.15) is 11.5 Å². The number of thiazole rings is 1. The maximum Gasteiger partial charge on any atom is 0.264 e. The lowest BCUT2D eigenvalue weighted by molar-refractivity contribution is -0.118. The molecule has 1 N–H and O–H groups in total. The summed E-state index contributed by atoms with van der Waals surface area (Å²) in [5.41, 5.74) is 1.87. The molecule has 7 heteroatoms. The predicted octanol–water partition coefficient (Wildman–Crippen LogP) is 4.65. The van der Waals surface area contributed by atoms with Gasteiger partial charge >= 0.3 is 0 Å². The third kappa shape index (κ3) is 4.29. The summed E-state index contributed by atoms with van der Waals surface area (Å²) in [4.78, 5) is 16.5. The Kier molecular flexibility index (Phi) is 5.55. The fourth-order valence-corrected chi connectivity index (χ4v) is 3.67. The Morgan fingerprint density at radius 3 is 2.88 bits per heavy atom. The molecule has 3 rings (SSSR count). The second-order valence-corrected chi connectivity index (χ2v) is 7.24. The molecule has 1 amide bonds. The molecule has 0 atom stereocenters. The Bertz CT molecular complexity index is 910. The average Bonchev–Trinajstić information content (AvgIpc) is 3.01. The van der Waals surface area contributed by atoms with Crippen molar-refractivity contribution in [1.29, 1.82) is 0 Å². The molecule has 0 fully saturated rings. The summed E-state index contributed by atoms with van der Waals surface area (Å²) in [6.07, 6.45) is 0.829. The molecule has 5 nitrogen and oxygen atoms in total. The molecule has 25 heavy (non-hydrogen) atoms. The van der Waals surface area contributed by atoms with Gasteiger partial charge in [0, 0.05) is 4.47 Å². The number of carbonyl (C=O) groups excluding carboxylic acids is 1. The number of methoxy groups -OCH3 is 1. The van der Waals surface area contributed by atoms with Gasteiger partial charge in [-0.25, -0.2) is 4.98 Å². The van der Waals surface area contributed by atoms with Crippen LogP contribution in [0.1, 0.15) is 12.5 Å². The second-order valence-electron chi connectivity index (χ2n) is 5.30. The normalized spacial score (nSPS) is 10.7. The van der Waals surface area contributed by atoms with Crippen LogP contribution in [0.3, 0.4) is 0 Å². The SMILES string of the molecule is CCc1cc(Br)ccc1OCC(=O)Nc1nc2ccc(OC)cc2s1. The lowest BCUT2D eigenvalue weighted by Crippen LogP contribution is -2.20. The van der Waals surface area contributed by atoms with Crippen LogP contribution in [0, 0.1) is 0 Å². The van der Waals surface area contributed by atoms with Crippen LogP contribution in [0.2, 0.25) is 0 Å². The van der Waals surface area contributed by atoms with Gasteiger partial charge in [0.15, 0.2) is 11.7 Å². The van der Waals surface area contributed by atoms with Crippen LogP contribution in [0.5, 0.6) is 11.5 Å². The number of nitrogens with one attached hydrogen (secondary N) is 1. The largest absolute Gasteiger partial charge is 0.497 e. The summed E-state index contributed by atoms with van der Waals surface area (Å²) in [5.74, 6) is 1.24. The van der Waals surface area contributed by atoms with Crippen molar-refractivity contribution < 1.29 is 14.3 Å². The Hall–Kier alpha value is -2.12. The van der Waals surface area contributed by atoms with Crippen molar-refractivity contribution in [3.63, 3.8) is 0 Å². The minimum absolute atomic E-state index is 0.0616. The van der Waals surface area contributed by atoms with Crippen LogP contribution in [0.25, 0.3) is 10.2 Å². The summed E-state index contributed by atoms with van der Waals surface area (Å²) >= 11 is 4.84. The van der Waals surface area contributed by atoms with E-state index in [0.717, 1.165) is 38.2 Å². The quantitative estimate of drug-likeness (QED) is 0.630. The number of rotatable bonds is 6. The Labute approximate surface area is 158 Å². The molecule has 1 aromatic heterocycles. The number of halogens is 1. The zero-order valence-corrected chi connectivity index (χ0v) is 16.2. The highest BCUT2D eigenvalue weighted by atomic mass is 79.9. The standard InChI is InChI=1S/C18H17BrN2O3S/c1-3-11-8-12(19)4-7-15(11)24-10-17(22)21-18-20-14-6-5-13(23-2)9-16(14)25-18/h4-9H,3,10H2,1-2H3,(H,20,21,22). The van der Waals surface area contributed by atoms with Gasteiger partial charge in [0.2, 0.25) is 0 Å². The van der Waals surface area contributed by atoms with Crippen molar-refractivity contribution in [1.82, 2.24) is 4.98 Å². The third-order valence-electron chi connectivity index (χ3n) is 3.60. The number of aromatic nitrogens is 1. The van der Waals surface area contributed by atoms with Crippen LogP contribution >= 0.6 is 27.3 Å². The van der Waals surface area contributed by atoms with E-state index >= 15 is 0 Å². The van der Waals surface area contributed by atoms with Crippen molar-refractivity contribution in [2.45, 2.75) is 13.3 Å². The lowest BCUT2D eigenvalue weighted by atomic mass is 10.1. The molecule has 0 aliphatic carbocycles. The summed E-state index contributed by atoms with van der Waals surface area (Å²) < 4.78 is 12.8. The minimum atomic E-state index is -0.240. The van der Waals surface area contributed by atoms with Crippen LogP contribution in [0.15, 0.2) is 40.9 Å². The van der Waals surface area contributed by atoms with E-state index in [1.54, 1.807) is 7.11 Å². The van der Waals surface area contributed by atoms with E-state index in [1.807, 2.05) is 43.3 Å². The number of hydrogen-bond acceptors (Lipinski definition) is 5. The fraction of sp³-hybridized carbons (Fsp3) is 0.222. The first kappa shape index (κ1) is 17.7. The number of anilines is 1. The van der Waals surface area contributed by atoms with Crippen molar-refractivity contribution >= 4 is 48.5 Å². The molecule has 0 aliphatic rings. The predicted molar refractivity (Wildman–Crippen MR) is 104 cm³/mol. The van der Waals surface area contributed by atoms with Crippen molar-refractivity contribution in [3.8, 4) is 11.5 Å². The summed E-state index contributed by atoms with van der Waals surface area (Å²) in [7, 11) is 1.62. The van der Waals surface area contributed by atoms with Gasteiger partial charge in [-0.1, -0.05) is 34.2 Å². The van der Waals surface area contributed by atoms with Gasteiger partial charge in [0.05, 0.1) is 17.3 Å². The number of aryl methyl sites for hydroxylation is 1. The van der Waals surface area contributed by atoms with Crippen LogP contribution < -0.4 is 14.8 Å². The number of ether oxygens (including phenoxy) is 2. The van der Waals surface area contributed by atoms with Crippen molar-refractivity contribution in [3.05, 3.63) is 46.4 Å². The molecule has 130 valence electrons. The highest BCUT2D eigenvalue weighted by molar-refractivity contribution is 9.10. The first-order valence-electron chi connectivity index (χ1n) is 7.74. The topological polar surface area (TPSA) is 60.5 Å². The summed E-state index contributed by atoms with van der Waals surface area (Å²) in [6, 6.07) is 11.4. The van der Waals surface area contributed by atoms with Gasteiger partial charge in [-0.05, 0) is 48.4 Å². The van der Waals surface area contributed by atoms with Gasteiger partial charge in [-0.2, -0.15) is 0 Å². The number of amides is 1. The van der Waals surface area contributed by atoms with Crippen LogP contribution in [-0.2, 0) is 11.2 Å². The van der Waals surface area contributed by atoms with E-state index in [4.69, 9.17) is 9.47 Å². The molecule has 0 spiro atoms. The molecule has 0 aliphatic heterocycles. The molecule has 0 saturated heterocycles. The first-order chi connectivity index (χ1) is 12.1. The van der Waals surface area contributed by atoms with E-state index < -0.39 is 0 Å². The lowest BCUT2D eigenvalue weighted by Gasteiger charge is -2.10. The zero-order chi connectivity index (χ0) is 17.8. The fourth-order valence-electron chi connectivity index (χ4n) is 2.35. The third-order valence-corrected chi connectivity index (χ3v) is 5.03. The second kappa shape index (κ2) is 7.84. The van der Waals surface area contributed by atoms with E-state index in [2.05, 4.69) is 26.2 Å². The average molecular weight is 421 g/mol. The highest BCUT2D eigenvalue weighted by Crippen LogP contribution is 2.29. The maximum absolute atomic E-state index is 12.1. The van der Waals surface area contributed by atoms with E-state index in [9.17, 15) is 4.79 Å². The number of nitrogens with zero attached hydrogens (tertiary/aromatic N) is 1. The van der Waals surface area contributed by atoms with E-state index in [1.165, 1.54) is 11.3 Å². The van der Waals surface area contributed by atoms with E-state index in [0.29, 0.717) is 5.13 Å². The van der Waals surface area contributed by atoms with Crippen LogP contribution in [0.4, 0.5) is 5.13 Å². The Morgan fingerprint density at radius 2 is 2.12 bits per heavy atom. The Balaban J connectivity index is 1.65. The van der Waals surface area contributed by atoms with Gasteiger partial charge in [0.25, 0.3) is 5.91 Å². The Morgan fingerprint density at radius 1 is 1.28 bits per heavy atom. The number of hydrogen-bond donors (Lipinski definition) is 1. The van der Waals surface area contributed by atoms with Gasteiger partial charge in [-0.15, -0.1) is 0 Å². The first-order valence-corrected chi connectivity index (χ1v) is 9.35. The molecule has 0 saturated carbocycles. The number of benzene rings is 2.